The van der Waals surface area contributed by atoms with Crippen LogP contribution in [-0.2, 0) is 13.0 Å². The van der Waals surface area contributed by atoms with Crippen LogP contribution in [0.15, 0.2) is 0 Å². The largest absolute Gasteiger partial charge is 0.391 e. The van der Waals surface area contributed by atoms with Gasteiger partial charge in [0.15, 0.2) is 0 Å². The van der Waals surface area contributed by atoms with E-state index in [-0.39, 0.29) is 5.54 Å². The van der Waals surface area contributed by atoms with E-state index in [0.29, 0.717) is 11.4 Å². The molecule has 1 N–H and O–H groups in total. The fraction of sp³-hybridized carbons (Fsp3) is 0.812. The van der Waals surface area contributed by atoms with Crippen LogP contribution in [0.2, 0.25) is 5.02 Å². The number of hydrogen-bond acceptors (Lipinski definition) is 3. The molecule has 2 atom stereocenters. The molecule has 0 spiro atoms. The van der Waals surface area contributed by atoms with Gasteiger partial charge < -0.3 is 5.11 Å². The summed E-state index contributed by atoms with van der Waals surface area (Å²) >= 11 is 6.38. The standard InChI is InChI=1S/C16H28ClN3O/c1-5-16(4,19-9-7-8-10-19)14(21)11-13-15(17)12(3)18-20(13)6-2/h14,21H,5-11H2,1-4H3. The van der Waals surface area contributed by atoms with E-state index in [0.717, 1.165) is 37.4 Å². The second-order valence-electron chi connectivity index (χ2n) is 6.29. The van der Waals surface area contributed by atoms with Gasteiger partial charge in [0.1, 0.15) is 0 Å². The summed E-state index contributed by atoms with van der Waals surface area (Å²) in [6, 6.07) is 0. The van der Waals surface area contributed by atoms with E-state index in [1.807, 2.05) is 11.6 Å². The van der Waals surface area contributed by atoms with Crippen LogP contribution in [0.5, 0.6) is 0 Å². The lowest BCUT2D eigenvalue weighted by Crippen LogP contribution is -2.54. The van der Waals surface area contributed by atoms with Gasteiger partial charge in [0.05, 0.1) is 22.5 Å². The molecule has 0 bridgehead atoms. The molecular weight excluding hydrogens is 286 g/mol. The van der Waals surface area contributed by atoms with Crippen LogP contribution >= 0.6 is 11.6 Å². The summed E-state index contributed by atoms with van der Waals surface area (Å²) in [4.78, 5) is 2.44. The summed E-state index contributed by atoms with van der Waals surface area (Å²) in [5.41, 5.74) is 1.62. The molecule has 1 aliphatic rings. The predicted octanol–water partition coefficient (Wildman–Crippen LogP) is 3.03. The van der Waals surface area contributed by atoms with Crippen LogP contribution < -0.4 is 0 Å². The van der Waals surface area contributed by atoms with Crippen LogP contribution in [0.25, 0.3) is 0 Å². The Labute approximate surface area is 133 Å². The van der Waals surface area contributed by atoms with Gasteiger partial charge in [-0.25, -0.2) is 0 Å². The van der Waals surface area contributed by atoms with E-state index in [9.17, 15) is 5.11 Å². The van der Waals surface area contributed by atoms with Crippen molar-refractivity contribution in [3.8, 4) is 0 Å². The SMILES string of the molecule is CCn1nc(C)c(Cl)c1CC(O)C(C)(CC)N1CCCC1. The smallest absolute Gasteiger partial charge is 0.0848 e. The molecule has 0 saturated carbocycles. The third-order valence-corrected chi connectivity index (χ3v) is 5.59. The van der Waals surface area contributed by atoms with E-state index in [4.69, 9.17) is 11.6 Å². The van der Waals surface area contributed by atoms with Gasteiger partial charge in [-0.2, -0.15) is 5.10 Å². The van der Waals surface area contributed by atoms with Gasteiger partial charge in [-0.3, -0.25) is 9.58 Å². The molecule has 1 fully saturated rings. The van der Waals surface area contributed by atoms with Crippen molar-refractivity contribution in [2.24, 2.45) is 0 Å². The second-order valence-corrected chi connectivity index (χ2v) is 6.66. The zero-order valence-electron chi connectivity index (χ0n) is 13.7. The minimum absolute atomic E-state index is 0.184. The molecule has 2 unspecified atom stereocenters. The monoisotopic (exact) mass is 313 g/mol. The predicted molar refractivity (Wildman–Crippen MR) is 86.9 cm³/mol. The summed E-state index contributed by atoms with van der Waals surface area (Å²) in [5.74, 6) is 0. The lowest BCUT2D eigenvalue weighted by molar-refractivity contribution is -0.0126. The molecule has 2 rings (SSSR count). The third-order valence-electron chi connectivity index (χ3n) is 5.10. The Morgan fingerprint density at radius 1 is 1.33 bits per heavy atom. The first kappa shape index (κ1) is 16.8. The Bertz CT molecular complexity index is 482. The number of hydrogen-bond donors (Lipinski definition) is 1. The maximum Gasteiger partial charge on any atom is 0.0848 e. The molecule has 1 aromatic heterocycles. The van der Waals surface area contributed by atoms with E-state index in [1.54, 1.807) is 0 Å². The highest BCUT2D eigenvalue weighted by Gasteiger charge is 2.39. The number of aliphatic hydroxyl groups is 1. The number of halogens is 1. The Morgan fingerprint density at radius 2 is 1.95 bits per heavy atom. The van der Waals surface area contributed by atoms with Gasteiger partial charge in [-0.1, -0.05) is 18.5 Å². The molecular formula is C16H28ClN3O. The Morgan fingerprint density at radius 3 is 2.48 bits per heavy atom. The van der Waals surface area contributed by atoms with Gasteiger partial charge in [-0.15, -0.1) is 0 Å². The first-order valence-corrected chi connectivity index (χ1v) is 8.46. The number of nitrogens with zero attached hydrogens (tertiary/aromatic N) is 3. The maximum atomic E-state index is 10.9. The van der Waals surface area contributed by atoms with Crippen LogP contribution in [0.3, 0.4) is 0 Å². The molecule has 21 heavy (non-hydrogen) atoms. The van der Waals surface area contributed by atoms with Crippen molar-refractivity contribution in [3.05, 3.63) is 16.4 Å². The van der Waals surface area contributed by atoms with Crippen molar-refractivity contribution in [2.45, 2.75) is 71.6 Å². The fourth-order valence-electron chi connectivity index (χ4n) is 3.36. The topological polar surface area (TPSA) is 41.3 Å². The van der Waals surface area contributed by atoms with Gasteiger partial charge in [0.2, 0.25) is 0 Å². The van der Waals surface area contributed by atoms with Crippen LogP contribution in [0.1, 0.15) is 51.4 Å². The molecule has 1 aromatic rings. The number of aliphatic hydroxyl groups excluding tert-OH is 1. The molecule has 2 heterocycles. The van der Waals surface area contributed by atoms with Gasteiger partial charge in [0, 0.05) is 18.5 Å². The first-order valence-electron chi connectivity index (χ1n) is 8.08. The van der Waals surface area contributed by atoms with Crippen molar-refractivity contribution < 1.29 is 5.11 Å². The van der Waals surface area contributed by atoms with Gasteiger partial charge in [0.25, 0.3) is 0 Å². The summed E-state index contributed by atoms with van der Waals surface area (Å²) in [5, 5.41) is 16.0. The fourth-order valence-corrected chi connectivity index (χ4v) is 3.58. The molecule has 120 valence electrons. The van der Waals surface area contributed by atoms with Gasteiger partial charge in [-0.05, 0) is 53.1 Å². The lowest BCUT2D eigenvalue weighted by Gasteiger charge is -2.42. The van der Waals surface area contributed by atoms with Crippen LogP contribution in [-0.4, -0.2) is 44.5 Å². The zero-order valence-corrected chi connectivity index (χ0v) is 14.4. The van der Waals surface area contributed by atoms with Crippen molar-refractivity contribution in [1.29, 1.82) is 0 Å². The van der Waals surface area contributed by atoms with E-state index in [2.05, 4.69) is 30.8 Å². The van der Waals surface area contributed by atoms with Crippen LogP contribution in [0.4, 0.5) is 0 Å². The van der Waals surface area contributed by atoms with Crippen molar-refractivity contribution in [1.82, 2.24) is 14.7 Å². The van der Waals surface area contributed by atoms with Gasteiger partial charge >= 0.3 is 0 Å². The van der Waals surface area contributed by atoms with Crippen LogP contribution in [0, 0.1) is 6.92 Å². The van der Waals surface area contributed by atoms with Crippen molar-refractivity contribution >= 4 is 11.6 Å². The maximum absolute atomic E-state index is 10.9. The number of rotatable bonds is 6. The third kappa shape index (κ3) is 3.13. The quantitative estimate of drug-likeness (QED) is 0.877. The molecule has 0 aromatic carbocycles. The first-order chi connectivity index (χ1) is 9.93. The Hall–Kier alpha value is -0.580. The molecule has 5 heteroatoms. The lowest BCUT2D eigenvalue weighted by atomic mass is 9.87. The summed E-state index contributed by atoms with van der Waals surface area (Å²) in [6.07, 6.45) is 3.53. The van der Waals surface area contributed by atoms with E-state index < -0.39 is 6.10 Å². The van der Waals surface area contributed by atoms with E-state index in [1.165, 1.54) is 12.8 Å². The summed E-state index contributed by atoms with van der Waals surface area (Å²) in [7, 11) is 0. The molecule has 1 aliphatic heterocycles. The zero-order chi connectivity index (χ0) is 15.6. The number of likely N-dealkylation sites (tertiary alicyclic amines) is 1. The molecule has 4 nitrogen and oxygen atoms in total. The summed E-state index contributed by atoms with van der Waals surface area (Å²) in [6.45, 7) is 11.3. The normalized spacial score (nSPS) is 20.7. The van der Waals surface area contributed by atoms with E-state index >= 15 is 0 Å². The molecule has 1 saturated heterocycles. The summed E-state index contributed by atoms with van der Waals surface area (Å²) < 4.78 is 1.92. The highest BCUT2D eigenvalue weighted by Crippen LogP contribution is 2.31. The Balaban J connectivity index is 2.21. The number of aryl methyl sites for hydroxylation is 2. The highest BCUT2D eigenvalue weighted by atomic mass is 35.5. The molecule has 0 amide bonds. The second kappa shape index (κ2) is 6.67. The highest BCUT2D eigenvalue weighted by molar-refractivity contribution is 6.31. The molecule has 0 aliphatic carbocycles. The Kier molecular flexibility index (Phi) is 5.33. The molecule has 0 radical (unpaired) electrons. The number of aromatic nitrogens is 2. The van der Waals surface area contributed by atoms with Crippen molar-refractivity contribution in [2.75, 3.05) is 13.1 Å². The minimum Gasteiger partial charge on any atom is -0.391 e. The minimum atomic E-state index is -0.431. The average Bonchev–Trinajstić information content (AvgIpc) is 3.10. The van der Waals surface area contributed by atoms with Crippen molar-refractivity contribution in [3.63, 3.8) is 0 Å². The average molecular weight is 314 g/mol.